The van der Waals surface area contributed by atoms with E-state index in [9.17, 15) is 0 Å². The van der Waals surface area contributed by atoms with Crippen molar-refractivity contribution in [1.82, 2.24) is 0 Å². The fraction of sp³-hybridized carbons (Fsp3) is 0.429. The van der Waals surface area contributed by atoms with Crippen LogP contribution in [0.5, 0.6) is 0 Å². The molecule has 62 valence electrons. The second-order valence-corrected chi connectivity index (χ2v) is 4.48. The van der Waals surface area contributed by atoms with Crippen molar-refractivity contribution >= 4 is 21.6 Å². The third kappa shape index (κ3) is 3.12. The Morgan fingerprint density at radius 1 is 1.36 bits per heavy atom. The lowest BCUT2D eigenvalue weighted by Gasteiger charge is -2.13. The number of hydrogen-bond donors (Lipinski definition) is 1. The Kier molecular flexibility index (Phi) is 3.20. The Morgan fingerprint density at radius 2 is 2.09 bits per heavy atom. The van der Waals surface area contributed by atoms with Gasteiger partial charge in [-0.05, 0) is 47.6 Å². The summed E-state index contributed by atoms with van der Waals surface area (Å²) in [5, 5.41) is 10.1. The van der Waals surface area contributed by atoms with Gasteiger partial charge in [-0.3, -0.25) is 0 Å². The lowest BCUT2D eigenvalue weighted by molar-refractivity contribution is 0.170. The predicted octanol–water partition coefficient (Wildman–Crippen LogP) is 3.05. The normalized spacial score (nSPS) is 17.7. The fourth-order valence-corrected chi connectivity index (χ4v) is 2.17. The third-order valence-corrected chi connectivity index (χ3v) is 2.96. The van der Waals surface area contributed by atoms with Crippen LogP contribution in [0.4, 0.5) is 0 Å². The van der Waals surface area contributed by atoms with Gasteiger partial charge in [0.05, 0.1) is 6.10 Å². The van der Waals surface area contributed by atoms with Gasteiger partial charge in [0.25, 0.3) is 0 Å². The quantitative estimate of drug-likeness (QED) is 0.678. The number of hydrogen-bond acceptors (Lipinski definition) is 4. The van der Waals surface area contributed by atoms with Gasteiger partial charge in [-0.25, -0.2) is 0 Å². The summed E-state index contributed by atoms with van der Waals surface area (Å²) in [7, 11) is 2.75. The Morgan fingerprint density at radius 3 is 2.55 bits per heavy atom. The van der Waals surface area contributed by atoms with Crippen LogP contribution in [0.25, 0.3) is 0 Å². The van der Waals surface area contributed by atoms with Crippen molar-refractivity contribution in [2.75, 3.05) is 0 Å². The van der Waals surface area contributed by atoms with Crippen LogP contribution >= 0.6 is 21.6 Å². The maximum atomic E-state index is 8.96. The molecule has 0 amide bonds. The number of rotatable bonds is 2. The molecule has 0 aliphatic carbocycles. The van der Waals surface area contributed by atoms with Gasteiger partial charge in [0.1, 0.15) is 0 Å². The van der Waals surface area contributed by atoms with Crippen molar-refractivity contribution in [2.45, 2.75) is 20.0 Å². The summed E-state index contributed by atoms with van der Waals surface area (Å²) in [6.07, 6.45) is 3.61. The average Bonchev–Trinajstić information content (AvgIpc) is 1.93. The Balaban J connectivity index is 2.48. The second kappa shape index (κ2) is 3.97. The summed E-state index contributed by atoms with van der Waals surface area (Å²) < 4.78 is 5.39. The zero-order valence-corrected chi connectivity index (χ0v) is 8.04. The predicted molar refractivity (Wildman–Crippen MR) is 50.2 cm³/mol. The van der Waals surface area contributed by atoms with Crippen molar-refractivity contribution in [3.8, 4) is 0 Å². The van der Waals surface area contributed by atoms with Gasteiger partial charge in [-0.15, -0.1) is 0 Å². The fourth-order valence-electron chi connectivity index (χ4n) is 0.570. The molecule has 0 aromatic carbocycles. The summed E-state index contributed by atoms with van der Waals surface area (Å²) >= 11 is 0. The lowest BCUT2D eigenvalue weighted by atomic mass is 10.5. The van der Waals surface area contributed by atoms with Crippen LogP contribution < -0.4 is 0 Å². The second-order valence-electron chi connectivity index (χ2n) is 2.32. The minimum atomic E-state index is 0.197. The van der Waals surface area contributed by atoms with E-state index in [-0.39, 0.29) is 6.10 Å². The van der Waals surface area contributed by atoms with E-state index >= 15 is 0 Å². The maximum Gasteiger partial charge on any atom is 0.164 e. The molecule has 0 saturated heterocycles. The summed E-state index contributed by atoms with van der Waals surface area (Å²) in [5.74, 6) is 0. The summed E-state index contributed by atoms with van der Waals surface area (Å²) in [5.41, 5.74) is 0. The molecule has 0 aromatic heterocycles. The molecule has 0 fully saturated rings. The van der Waals surface area contributed by atoms with E-state index in [1.807, 2.05) is 13.8 Å². The van der Waals surface area contributed by atoms with Gasteiger partial charge in [0, 0.05) is 0 Å². The highest BCUT2D eigenvalue weighted by Crippen LogP contribution is 2.39. The smallest absolute Gasteiger partial charge is 0.164 e. The van der Waals surface area contributed by atoms with Crippen LogP contribution in [0.15, 0.2) is 22.3 Å². The summed E-state index contributed by atoms with van der Waals surface area (Å²) in [4.78, 5) is 0. The monoisotopic (exact) mass is 190 g/mol. The molecule has 0 saturated carbocycles. The summed E-state index contributed by atoms with van der Waals surface area (Å²) in [6.45, 7) is 3.95. The van der Waals surface area contributed by atoms with Gasteiger partial charge in [0.2, 0.25) is 0 Å². The molecule has 0 spiro atoms. The topological polar surface area (TPSA) is 29.5 Å². The van der Waals surface area contributed by atoms with Gasteiger partial charge in [-0.2, -0.15) is 0 Å². The first-order chi connectivity index (χ1) is 5.18. The van der Waals surface area contributed by atoms with E-state index in [0.717, 1.165) is 5.09 Å². The van der Waals surface area contributed by atoms with Gasteiger partial charge >= 0.3 is 0 Å². The van der Waals surface area contributed by atoms with E-state index in [4.69, 9.17) is 9.84 Å². The zero-order valence-electron chi connectivity index (χ0n) is 6.40. The first-order valence-electron chi connectivity index (χ1n) is 3.30. The van der Waals surface area contributed by atoms with Gasteiger partial charge in [0.15, 0.2) is 10.2 Å². The molecule has 0 unspecified atom stereocenters. The van der Waals surface area contributed by atoms with E-state index in [0.29, 0.717) is 5.09 Å². The van der Waals surface area contributed by atoms with Crippen LogP contribution in [-0.4, -0.2) is 11.2 Å². The SMILES string of the molecule is CC(C)OC1=CC=C(O)SS1. The molecule has 1 rings (SSSR count). The van der Waals surface area contributed by atoms with E-state index < -0.39 is 0 Å². The number of allylic oxidation sites excluding steroid dienone is 2. The molecule has 1 aliphatic rings. The molecule has 0 aromatic rings. The van der Waals surface area contributed by atoms with E-state index in [1.54, 1.807) is 12.2 Å². The van der Waals surface area contributed by atoms with Crippen LogP contribution in [0.3, 0.4) is 0 Å². The van der Waals surface area contributed by atoms with Crippen LogP contribution in [-0.2, 0) is 4.74 Å². The molecule has 1 aliphatic heterocycles. The molecule has 11 heavy (non-hydrogen) atoms. The number of aliphatic hydroxyl groups excluding tert-OH is 1. The highest BCUT2D eigenvalue weighted by molar-refractivity contribution is 8.79. The molecule has 1 heterocycles. The summed E-state index contributed by atoms with van der Waals surface area (Å²) in [6, 6.07) is 0. The van der Waals surface area contributed by atoms with E-state index in [1.165, 1.54) is 21.6 Å². The van der Waals surface area contributed by atoms with Crippen LogP contribution in [0.2, 0.25) is 0 Å². The van der Waals surface area contributed by atoms with Gasteiger partial charge < -0.3 is 9.84 Å². The molecular formula is C7H10O2S2. The van der Waals surface area contributed by atoms with Gasteiger partial charge in [-0.1, -0.05) is 0 Å². The maximum absolute atomic E-state index is 8.96. The molecule has 0 bridgehead atoms. The first-order valence-corrected chi connectivity index (χ1v) is 5.45. The Labute approximate surface area is 74.1 Å². The molecule has 1 N–H and O–H groups in total. The highest BCUT2D eigenvalue weighted by Gasteiger charge is 2.08. The lowest BCUT2D eigenvalue weighted by Crippen LogP contribution is -2.00. The minimum Gasteiger partial charge on any atom is -0.502 e. The Hall–Kier alpha value is -0.220. The number of aliphatic hydroxyl groups is 1. The van der Waals surface area contributed by atoms with Crippen LogP contribution in [0, 0.1) is 0 Å². The van der Waals surface area contributed by atoms with Crippen molar-refractivity contribution in [2.24, 2.45) is 0 Å². The third-order valence-electron chi connectivity index (χ3n) is 0.923. The molecule has 2 nitrogen and oxygen atoms in total. The molecular weight excluding hydrogens is 180 g/mol. The molecule has 0 radical (unpaired) electrons. The first kappa shape index (κ1) is 8.87. The Bertz CT molecular complexity index is 197. The standard InChI is InChI=1S/C7H10O2S2/c1-5(2)9-7-4-3-6(8)10-11-7/h3-5,8H,1-2H3. The largest absolute Gasteiger partial charge is 0.502 e. The molecule has 4 heteroatoms. The van der Waals surface area contributed by atoms with Crippen LogP contribution in [0.1, 0.15) is 13.8 Å². The molecule has 0 atom stereocenters. The van der Waals surface area contributed by atoms with Crippen molar-refractivity contribution < 1.29 is 9.84 Å². The van der Waals surface area contributed by atoms with Crippen molar-refractivity contribution in [1.29, 1.82) is 0 Å². The van der Waals surface area contributed by atoms with Crippen molar-refractivity contribution in [3.63, 3.8) is 0 Å². The highest BCUT2D eigenvalue weighted by atomic mass is 33.1. The van der Waals surface area contributed by atoms with E-state index in [2.05, 4.69) is 0 Å². The zero-order chi connectivity index (χ0) is 8.27. The minimum absolute atomic E-state index is 0.197. The van der Waals surface area contributed by atoms with Crippen molar-refractivity contribution in [3.05, 3.63) is 22.3 Å². The average molecular weight is 190 g/mol. The number of ether oxygens (including phenoxy) is 1.